The molecule has 0 aliphatic carbocycles. The number of aryl methyl sites for hydroxylation is 1. The molecule has 1 atom stereocenters. The lowest BCUT2D eigenvalue weighted by atomic mass is 9.87. The molecule has 0 radical (unpaired) electrons. The lowest BCUT2D eigenvalue weighted by molar-refractivity contribution is -0.257. The SMILES string of the molecule is Cc1cc(C2(C(F)(F)F)CC(C#N)=C(c3ccccc3)O2)ccc1NC(=O)c1cccc(I)c1C(=O)NC(C)C. The molecule has 3 aromatic rings. The van der Waals surface area contributed by atoms with Crippen molar-refractivity contribution in [3.63, 3.8) is 0 Å². The molecule has 10 heteroatoms. The first kappa shape index (κ1) is 29.1. The first-order chi connectivity index (χ1) is 18.9. The van der Waals surface area contributed by atoms with E-state index in [4.69, 9.17) is 4.74 Å². The average Bonchev–Trinajstić information content (AvgIpc) is 3.31. The van der Waals surface area contributed by atoms with Gasteiger partial charge in [-0.2, -0.15) is 18.4 Å². The lowest BCUT2D eigenvalue weighted by Crippen LogP contribution is -2.42. The number of carbonyl (C=O) groups excluding carboxylic acids is 2. The molecule has 1 unspecified atom stereocenters. The summed E-state index contributed by atoms with van der Waals surface area (Å²) in [6, 6.07) is 18.7. The predicted octanol–water partition coefficient (Wildman–Crippen LogP) is 7.10. The summed E-state index contributed by atoms with van der Waals surface area (Å²) >= 11 is 1.98. The summed E-state index contributed by atoms with van der Waals surface area (Å²) in [5, 5.41) is 15.1. The van der Waals surface area contributed by atoms with Gasteiger partial charge in [-0.05, 0) is 73.2 Å². The summed E-state index contributed by atoms with van der Waals surface area (Å²) in [6.45, 7) is 5.17. The van der Waals surface area contributed by atoms with E-state index in [0.717, 1.165) is 0 Å². The van der Waals surface area contributed by atoms with Crippen LogP contribution < -0.4 is 10.6 Å². The second-order valence-electron chi connectivity index (χ2n) is 9.66. The number of carbonyl (C=O) groups is 2. The Balaban J connectivity index is 1.67. The summed E-state index contributed by atoms with van der Waals surface area (Å²) in [6.07, 6.45) is -5.53. The van der Waals surface area contributed by atoms with Crippen molar-refractivity contribution in [3.05, 3.63) is 104 Å². The molecule has 0 fully saturated rings. The van der Waals surface area contributed by atoms with E-state index >= 15 is 0 Å². The number of ether oxygens (including phenoxy) is 1. The van der Waals surface area contributed by atoms with Crippen LogP contribution in [-0.4, -0.2) is 24.0 Å². The maximum absolute atomic E-state index is 14.6. The van der Waals surface area contributed by atoms with Crippen LogP contribution in [0.4, 0.5) is 18.9 Å². The van der Waals surface area contributed by atoms with Gasteiger partial charge in [-0.3, -0.25) is 9.59 Å². The number of amides is 2. The molecule has 2 N–H and O–H groups in total. The summed E-state index contributed by atoms with van der Waals surface area (Å²) < 4.78 is 50.1. The van der Waals surface area contributed by atoms with Crippen molar-refractivity contribution in [2.75, 3.05) is 5.32 Å². The minimum absolute atomic E-state index is 0.107. The maximum atomic E-state index is 14.6. The van der Waals surface area contributed by atoms with E-state index in [0.29, 0.717) is 14.7 Å². The lowest BCUT2D eigenvalue weighted by Gasteiger charge is -2.33. The molecule has 1 aliphatic heterocycles. The van der Waals surface area contributed by atoms with Gasteiger partial charge in [0.2, 0.25) is 5.60 Å². The molecule has 2 amide bonds. The third kappa shape index (κ3) is 5.56. The Kier molecular flexibility index (Phi) is 8.25. The Labute approximate surface area is 243 Å². The zero-order valence-electron chi connectivity index (χ0n) is 21.8. The van der Waals surface area contributed by atoms with E-state index in [1.807, 2.05) is 28.7 Å². The molecule has 0 saturated heterocycles. The van der Waals surface area contributed by atoms with Crippen LogP contribution >= 0.6 is 22.6 Å². The second kappa shape index (κ2) is 11.3. The van der Waals surface area contributed by atoms with Crippen molar-refractivity contribution in [2.45, 2.75) is 45.0 Å². The number of rotatable bonds is 6. The number of alkyl halides is 3. The van der Waals surface area contributed by atoms with Crippen molar-refractivity contribution in [3.8, 4) is 6.07 Å². The number of benzene rings is 3. The van der Waals surface area contributed by atoms with Gasteiger partial charge in [-0.15, -0.1) is 0 Å². The fraction of sp³-hybridized carbons (Fsp3) is 0.233. The Morgan fingerprint density at radius 2 is 1.75 bits per heavy atom. The molecule has 1 heterocycles. The van der Waals surface area contributed by atoms with Crippen molar-refractivity contribution in [1.82, 2.24) is 5.32 Å². The fourth-order valence-corrected chi connectivity index (χ4v) is 5.26. The van der Waals surface area contributed by atoms with E-state index in [9.17, 15) is 28.0 Å². The quantitative estimate of drug-likeness (QED) is 0.276. The zero-order chi connectivity index (χ0) is 29.2. The highest BCUT2D eigenvalue weighted by molar-refractivity contribution is 14.1. The molecule has 0 bridgehead atoms. The van der Waals surface area contributed by atoms with Gasteiger partial charge in [-0.25, -0.2) is 0 Å². The van der Waals surface area contributed by atoms with E-state index in [-0.39, 0.29) is 39.8 Å². The summed E-state index contributed by atoms with van der Waals surface area (Å²) in [5.41, 5.74) is -1.73. The van der Waals surface area contributed by atoms with Crippen LogP contribution in [0.1, 0.15) is 57.7 Å². The molecule has 4 rings (SSSR count). The van der Waals surface area contributed by atoms with Gasteiger partial charge in [0, 0.05) is 32.8 Å². The third-order valence-corrected chi connectivity index (χ3v) is 7.35. The average molecular weight is 659 g/mol. The molecule has 6 nitrogen and oxygen atoms in total. The van der Waals surface area contributed by atoms with Gasteiger partial charge in [-0.1, -0.05) is 42.5 Å². The van der Waals surface area contributed by atoms with Crippen LogP contribution in [0.25, 0.3) is 5.76 Å². The molecule has 0 aromatic heterocycles. The van der Waals surface area contributed by atoms with Crippen LogP contribution in [0.15, 0.2) is 72.3 Å². The fourth-order valence-electron chi connectivity index (χ4n) is 4.52. The summed E-state index contributed by atoms with van der Waals surface area (Å²) in [4.78, 5) is 26.0. The van der Waals surface area contributed by atoms with Crippen LogP contribution in [0.3, 0.4) is 0 Å². The first-order valence-electron chi connectivity index (χ1n) is 12.3. The van der Waals surface area contributed by atoms with Crippen molar-refractivity contribution in [1.29, 1.82) is 5.26 Å². The predicted molar refractivity (Wildman–Crippen MR) is 153 cm³/mol. The van der Waals surface area contributed by atoms with Crippen LogP contribution in [0.5, 0.6) is 0 Å². The maximum Gasteiger partial charge on any atom is 0.433 e. The molecule has 3 aromatic carbocycles. The molecule has 0 saturated carbocycles. The largest absolute Gasteiger partial charge is 0.471 e. The van der Waals surface area contributed by atoms with Crippen LogP contribution in [-0.2, 0) is 10.3 Å². The van der Waals surface area contributed by atoms with Crippen LogP contribution in [0.2, 0.25) is 0 Å². The van der Waals surface area contributed by atoms with Crippen molar-refractivity contribution in [2.24, 2.45) is 0 Å². The number of hydrogen-bond acceptors (Lipinski definition) is 4. The molecule has 206 valence electrons. The monoisotopic (exact) mass is 659 g/mol. The molecule has 1 aliphatic rings. The van der Waals surface area contributed by atoms with Gasteiger partial charge in [0.1, 0.15) is 5.76 Å². The van der Waals surface area contributed by atoms with Gasteiger partial charge in [0.05, 0.1) is 22.8 Å². The number of nitrogens with one attached hydrogen (secondary N) is 2. The van der Waals surface area contributed by atoms with Crippen molar-refractivity contribution >= 4 is 45.9 Å². The summed E-state index contributed by atoms with van der Waals surface area (Å²) in [5.74, 6) is -1.09. The van der Waals surface area contributed by atoms with Gasteiger partial charge in [0.15, 0.2) is 0 Å². The van der Waals surface area contributed by atoms with Crippen molar-refractivity contribution < 1.29 is 27.5 Å². The minimum atomic E-state index is -4.85. The molecule has 40 heavy (non-hydrogen) atoms. The summed E-state index contributed by atoms with van der Waals surface area (Å²) in [7, 11) is 0. The minimum Gasteiger partial charge on any atom is -0.471 e. The van der Waals surface area contributed by atoms with E-state index in [1.54, 1.807) is 63.2 Å². The first-order valence-corrected chi connectivity index (χ1v) is 13.4. The standard InChI is InChI=1S/C30H25F3IN3O3/c1-17(2)36-28(39)25-22(10-7-11-23(25)34)27(38)37-24-13-12-21(14-18(24)3)29(30(31,32)33)15-20(16-35)26(40-29)19-8-5-4-6-9-19/h4-14,17H,15H2,1-3H3,(H,36,39)(H,37,38). The van der Waals surface area contributed by atoms with Crippen LogP contribution in [0, 0.1) is 21.8 Å². The van der Waals surface area contributed by atoms with E-state index in [1.165, 1.54) is 24.3 Å². The van der Waals surface area contributed by atoms with Gasteiger partial charge < -0.3 is 15.4 Å². The topological polar surface area (TPSA) is 91.2 Å². The smallest absolute Gasteiger partial charge is 0.433 e. The third-order valence-electron chi connectivity index (χ3n) is 6.45. The van der Waals surface area contributed by atoms with E-state index in [2.05, 4.69) is 10.6 Å². The number of hydrogen-bond donors (Lipinski definition) is 2. The zero-order valence-corrected chi connectivity index (χ0v) is 24.0. The molecular weight excluding hydrogens is 634 g/mol. The Hall–Kier alpha value is -3.85. The van der Waals surface area contributed by atoms with E-state index < -0.39 is 30.0 Å². The van der Waals surface area contributed by atoms with Gasteiger partial charge >= 0.3 is 6.18 Å². The molecular formula is C30H25F3IN3O3. The number of nitriles is 1. The molecule has 0 spiro atoms. The highest BCUT2D eigenvalue weighted by atomic mass is 127. The Morgan fingerprint density at radius 3 is 2.35 bits per heavy atom. The Morgan fingerprint density at radius 1 is 1.05 bits per heavy atom. The Bertz CT molecular complexity index is 1550. The number of halogens is 4. The highest BCUT2D eigenvalue weighted by Crippen LogP contribution is 2.54. The number of nitrogens with zero attached hydrogens (tertiary/aromatic N) is 1. The number of anilines is 1. The normalized spacial score (nSPS) is 16.9. The van der Waals surface area contributed by atoms with Gasteiger partial charge in [0.25, 0.3) is 11.8 Å². The second-order valence-corrected chi connectivity index (χ2v) is 10.8. The highest BCUT2D eigenvalue weighted by Gasteiger charge is 2.62.